The molecule has 6 aliphatic rings. The Balaban J connectivity index is 1.67. The van der Waals surface area contributed by atoms with Crippen LogP contribution in [0.25, 0.3) is 0 Å². The number of rotatable bonds is 6. The highest BCUT2D eigenvalue weighted by Crippen LogP contribution is 2.47. The monoisotopic (exact) mass is 606 g/mol. The lowest BCUT2D eigenvalue weighted by Gasteiger charge is -2.19. The van der Waals surface area contributed by atoms with Crippen molar-refractivity contribution in [1.82, 2.24) is 0 Å². The van der Waals surface area contributed by atoms with E-state index in [1.54, 1.807) is 0 Å². The van der Waals surface area contributed by atoms with Crippen molar-refractivity contribution in [2.75, 3.05) is 14.2 Å². The molecule has 6 rings (SSSR count). The van der Waals surface area contributed by atoms with Gasteiger partial charge in [-0.25, -0.2) is 15.0 Å². The molecule has 232 valence electrons. The lowest BCUT2D eigenvalue weighted by molar-refractivity contribution is -0.146. The third kappa shape index (κ3) is 4.71. The number of Topliss-reactive ketones (excluding diaryl/α,β-unsaturated/α-hetero) is 1. The maximum atomic E-state index is 14.0. The van der Waals surface area contributed by atoms with Gasteiger partial charge < -0.3 is 9.47 Å². The molecule has 0 spiro atoms. The molecule has 1 saturated carbocycles. The summed E-state index contributed by atoms with van der Waals surface area (Å²) in [7, 11) is 2.65. The zero-order chi connectivity index (χ0) is 32.3. The molecular formula is C36H38N4O5. The lowest BCUT2D eigenvalue weighted by atomic mass is 9.83. The van der Waals surface area contributed by atoms with Gasteiger partial charge in [0.2, 0.25) is 0 Å². The van der Waals surface area contributed by atoms with Crippen LogP contribution >= 0.6 is 0 Å². The number of fused-ring (bicyclic) bond motifs is 4. The maximum Gasteiger partial charge on any atom is 0.321 e. The van der Waals surface area contributed by atoms with Crippen LogP contribution in [0.1, 0.15) is 67.2 Å². The van der Waals surface area contributed by atoms with Crippen molar-refractivity contribution in [2.24, 2.45) is 37.7 Å². The van der Waals surface area contributed by atoms with Gasteiger partial charge in [0.15, 0.2) is 5.78 Å². The van der Waals surface area contributed by atoms with E-state index < -0.39 is 11.9 Å². The van der Waals surface area contributed by atoms with Crippen molar-refractivity contribution in [3.8, 4) is 0 Å². The summed E-state index contributed by atoms with van der Waals surface area (Å²) in [4.78, 5) is 59.9. The molecule has 9 heteroatoms. The third-order valence-electron chi connectivity index (χ3n) is 9.86. The number of ether oxygens (including phenoxy) is 2. The fourth-order valence-electron chi connectivity index (χ4n) is 7.25. The summed E-state index contributed by atoms with van der Waals surface area (Å²) in [5, 5.41) is 0. The summed E-state index contributed by atoms with van der Waals surface area (Å²) in [6, 6.07) is 0. The van der Waals surface area contributed by atoms with Crippen molar-refractivity contribution < 1.29 is 23.9 Å². The van der Waals surface area contributed by atoms with E-state index in [0.717, 1.165) is 63.7 Å². The van der Waals surface area contributed by atoms with E-state index in [2.05, 4.69) is 40.7 Å². The van der Waals surface area contributed by atoms with Gasteiger partial charge in [-0.1, -0.05) is 20.8 Å². The average Bonchev–Trinajstić information content (AvgIpc) is 3.76. The number of allylic oxidation sites excluding steroid dienone is 10. The minimum Gasteiger partial charge on any atom is -0.469 e. The Morgan fingerprint density at radius 2 is 1.38 bits per heavy atom. The Morgan fingerprint density at radius 3 is 1.93 bits per heavy atom. The van der Waals surface area contributed by atoms with Crippen LogP contribution in [0.5, 0.6) is 0 Å². The third-order valence-corrected chi connectivity index (χ3v) is 9.86. The van der Waals surface area contributed by atoms with Crippen LogP contribution in [0.3, 0.4) is 0 Å². The highest BCUT2D eigenvalue weighted by Gasteiger charge is 2.51. The van der Waals surface area contributed by atoms with Crippen LogP contribution in [-0.2, 0) is 23.9 Å². The molecule has 0 saturated heterocycles. The zero-order valence-electron chi connectivity index (χ0n) is 27.1. The molecule has 9 nitrogen and oxygen atoms in total. The first kappa shape index (κ1) is 30.5. The SMILES string of the molecule is CCC1=C(C)C2=CC3=NC(=C4C5=NC(=CC6=NC(=CC1=N2)C(C)=C6CC)C(C)=C5C(=O)C4C(=O)OC)C(CCC(=O)OC)C3C. The van der Waals surface area contributed by atoms with E-state index in [1.165, 1.54) is 14.2 Å². The summed E-state index contributed by atoms with van der Waals surface area (Å²) >= 11 is 0. The van der Waals surface area contributed by atoms with Gasteiger partial charge in [-0.15, -0.1) is 0 Å². The number of hydrogen-bond acceptors (Lipinski definition) is 9. The molecule has 45 heavy (non-hydrogen) atoms. The Kier molecular flexibility index (Phi) is 7.75. The van der Waals surface area contributed by atoms with Gasteiger partial charge in [-0.05, 0) is 86.1 Å². The first-order valence-electron chi connectivity index (χ1n) is 15.6. The lowest BCUT2D eigenvalue weighted by Crippen LogP contribution is -2.25. The van der Waals surface area contributed by atoms with Crippen LogP contribution in [0.15, 0.2) is 100.0 Å². The second-order valence-corrected chi connectivity index (χ2v) is 12.1. The molecule has 0 radical (unpaired) electrons. The zero-order valence-corrected chi connectivity index (χ0v) is 27.1. The van der Waals surface area contributed by atoms with E-state index in [4.69, 9.17) is 29.4 Å². The van der Waals surface area contributed by atoms with Gasteiger partial charge >= 0.3 is 11.9 Å². The highest BCUT2D eigenvalue weighted by molar-refractivity contribution is 6.42. The predicted octanol–water partition coefficient (Wildman–Crippen LogP) is 6.07. The van der Waals surface area contributed by atoms with Crippen molar-refractivity contribution >= 4 is 40.6 Å². The van der Waals surface area contributed by atoms with Crippen LogP contribution in [0.2, 0.25) is 0 Å². The summed E-state index contributed by atoms with van der Waals surface area (Å²) in [5.41, 5.74) is 11.8. The smallest absolute Gasteiger partial charge is 0.321 e. The highest BCUT2D eigenvalue weighted by atomic mass is 16.5. The van der Waals surface area contributed by atoms with E-state index in [0.29, 0.717) is 40.2 Å². The molecule has 0 N–H and O–H groups in total. The van der Waals surface area contributed by atoms with Gasteiger partial charge in [-0.3, -0.25) is 19.4 Å². The Labute approximate surface area is 263 Å². The number of hydrogen-bond donors (Lipinski definition) is 0. The average molecular weight is 607 g/mol. The summed E-state index contributed by atoms with van der Waals surface area (Å²) in [6.07, 6.45) is 8.19. The first-order chi connectivity index (χ1) is 21.5. The predicted molar refractivity (Wildman–Crippen MR) is 174 cm³/mol. The molecule has 3 unspecified atom stereocenters. The first-order valence-corrected chi connectivity index (χ1v) is 15.6. The van der Waals surface area contributed by atoms with Crippen LogP contribution in [-0.4, -0.2) is 54.8 Å². The molecule has 5 heterocycles. The minimum atomic E-state index is -1.19. The molecule has 0 aromatic rings. The quantitative estimate of drug-likeness (QED) is 0.269. The number of carbonyl (C=O) groups excluding carboxylic acids is 3. The fraction of sp³-hybridized carbons (Fsp3) is 0.417. The molecule has 1 aliphatic carbocycles. The molecule has 0 amide bonds. The second-order valence-electron chi connectivity index (χ2n) is 12.1. The number of nitrogens with zero attached hydrogens (tertiary/aromatic N) is 4. The van der Waals surface area contributed by atoms with Crippen molar-refractivity contribution in [3.05, 3.63) is 80.0 Å². The van der Waals surface area contributed by atoms with E-state index in [-0.39, 0.29) is 30.0 Å². The molecule has 1 fully saturated rings. The van der Waals surface area contributed by atoms with Crippen molar-refractivity contribution in [3.63, 3.8) is 0 Å². The van der Waals surface area contributed by atoms with Gasteiger partial charge in [-0.2, -0.15) is 0 Å². The number of ketones is 1. The normalized spacial score (nSPS) is 25.4. The molecule has 3 atom stereocenters. The van der Waals surface area contributed by atoms with Crippen LogP contribution in [0, 0.1) is 17.8 Å². The second kappa shape index (κ2) is 11.4. The Morgan fingerprint density at radius 1 is 0.800 bits per heavy atom. The number of methoxy groups -OCH3 is 2. The van der Waals surface area contributed by atoms with E-state index >= 15 is 0 Å². The topological polar surface area (TPSA) is 119 Å². The van der Waals surface area contributed by atoms with Crippen molar-refractivity contribution in [1.29, 1.82) is 0 Å². The summed E-state index contributed by atoms with van der Waals surface area (Å²) in [5.74, 6) is -2.92. The molecule has 8 bridgehead atoms. The molecule has 0 aromatic carbocycles. The van der Waals surface area contributed by atoms with Gasteiger partial charge in [0.05, 0.1) is 54.1 Å². The minimum absolute atomic E-state index is 0.130. The maximum absolute atomic E-state index is 14.0. The number of esters is 2. The van der Waals surface area contributed by atoms with Crippen molar-refractivity contribution in [2.45, 2.75) is 67.2 Å². The fourth-order valence-corrected chi connectivity index (χ4v) is 7.25. The molecule has 0 aromatic heterocycles. The van der Waals surface area contributed by atoms with Gasteiger partial charge in [0.1, 0.15) is 5.92 Å². The standard InChI is InChI=1S/C36H38N4O5/c1-9-20-16(3)23-13-25-18(5)22(11-12-29(41)44-7)33(39-25)31-32(36(43)45-8)35(42)30-19(6)26(40-34(30)31)15-28-21(10-2)17(4)24(38-28)14-27(20)37-23/h13-15,18,22,32H,9-12H2,1-8H3. The molecular weight excluding hydrogens is 568 g/mol. The molecule has 5 aliphatic heterocycles. The largest absolute Gasteiger partial charge is 0.469 e. The summed E-state index contributed by atoms with van der Waals surface area (Å²) in [6.45, 7) is 12.3. The number of aliphatic imine (C=N–C) groups is 4. The van der Waals surface area contributed by atoms with E-state index in [9.17, 15) is 14.4 Å². The van der Waals surface area contributed by atoms with Crippen LogP contribution < -0.4 is 0 Å². The summed E-state index contributed by atoms with van der Waals surface area (Å²) < 4.78 is 10.1. The van der Waals surface area contributed by atoms with Gasteiger partial charge in [0.25, 0.3) is 0 Å². The Bertz CT molecular complexity index is 1830. The number of carbonyl (C=O) groups is 3. The van der Waals surface area contributed by atoms with Crippen LogP contribution in [0.4, 0.5) is 0 Å². The Hall–Kier alpha value is -4.53. The van der Waals surface area contributed by atoms with Gasteiger partial charge in [0, 0.05) is 35.1 Å². The van der Waals surface area contributed by atoms with E-state index in [1.807, 2.05) is 19.1 Å².